The highest BCUT2D eigenvalue weighted by Gasteiger charge is 2.18. The van der Waals surface area contributed by atoms with Crippen LogP contribution in [0.3, 0.4) is 0 Å². The quantitative estimate of drug-likeness (QED) is 0.634. The van der Waals surface area contributed by atoms with Crippen LogP contribution >= 0.6 is 0 Å². The van der Waals surface area contributed by atoms with Crippen LogP contribution in [0.2, 0.25) is 0 Å². The lowest BCUT2D eigenvalue weighted by Gasteiger charge is -2.24. The first kappa shape index (κ1) is 17.0. The molecule has 0 amide bonds. The SMILES string of the molecule is O=C(OC(=Cn1ccccc1=O)N1CCCCCC1)c1ccccc1. The standard InChI is InChI=1S/C20H22N2O3/c23-18-12-6-9-15-22(18)16-19(21-13-7-1-2-8-14-21)25-20(24)17-10-4-3-5-11-17/h3-6,9-12,15-16H,1-2,7-8,13-14H2. The maximum absolute atomic E-state index is 12.5. The third kappa shape index (κ3) is 4.59. The summed E-state index contributed by atoms with van der Waals surface area (Å²) in [5.74, 6) is 0.00382. The Morgan fingerprint density at radius 2 is 1.60 bits per heavy atom. The van der Waals surface area contributed by atoms with Gasteiger partial charge in [-0.1, -0.05) is 37.1 Å². The minimum Gasteiger partial charge on any atom is -0.404 e. The average molecular weight is 338 g/mol. The zero-order valence-corrected chi connectivity index (χ0v) is 14.1. The molecule has 25 heavy (non-hydrogen) atoms. The zero-order chi connectivity index (χ0) is 17.5. The molecule has 1 aromatic carbocycles. The predicted molar refractivity (Wildman–Crippen MR) is 96.9 cm³/mol. The Bertz CT molecular complexity index is 788. The molecule has 0 atom stereocenters. The molecule has 0 spiro atoms. The van der Waals surface area contributed by atoms with E-state index in [1.54, 1.807) is 48.8 Å². The van der Waals surface area contributed by atoms with E-state index in [2.05, 4.69) is 0 Å². The fourth-order valence-corrected chi connectivity index (χ4v) is 2.86. The first-order valence-corrected chi connectivity index (χ1v) is 8.65. The molecule has 0 saturated carbocycles. The lowest BCUT2D eigenvalue weighted by atomic mass is 10.2. The van der Waals surface area contributed by atoms with Gasteiger partial charge >= 0.3 is 5.97 Å². The lowest BCUT2D eigenvalue weighted by Crippen LogP contribution is -2.28. The van der Waals surface area contributed by atoms with E-state index in [1.807, 2.05) is 11.0 Å². The maximum atomic E-state index is 12.5. The minimum absolute atomic E-state index is 0.161. The van der Waals surface area contributed by atoms with Crippen molar-refractivity contribution in [3.05, 3.63) is 76.5 Å². The zero-order valence-electron chi connectivity index (χ0n) is 14.1. The fourth-order valence-electron chi connectivity index (χ4n) is 2.86. The monoisotopic (exact) mass is 338 g/mol. The molecule has 0 aliphatic carbocycles. The van der Waals surface area contributed by atoms with Crippen LogP contribution in [-0.4, -0.2) is 28.5 Å². The summed E-state index contributed by atoms with van der Waals surface area (Å²) in [5, 5.41) is 0. The van der Waals surface area contributed by atoms with Gasteiger partial charge in [0.15, 0.2) is 0 Å². The predicted octanol–water partition coefficient (Wildman–Crippen LogP) is 3.34. The van der Waals surface area contributed by atoms with Gasteiger partial charge in [-0.05, 0) is 31.0 Å². The normalized spacial score (nSPS) is 15.5. The van der Waals surface area contributed by atoms with Crippen molar-refractivity contribution >= 4 is 12.2 Å². The number of pyridine rings is 1. The van der Waals surface area contributed by atoms with Crippen molar-refractivity contribution in [1.29, 1.82) is 0 Å². The second kappa shape index (κ2) is 8.33. The maximum Gasteiger partial charge on any atom is 0.344 e. The fraction of sp³-hybridized carbons (Fsp3) is 0.300. The molecule has 1 aliphatic rings. The van der Waals surface area contributed by atoms with Gasteiger partial charge in [-0.25, -0.2) is 4.79 Å². The van der Waals surface area contributed by atoms with Crippen LogP contribution in [0.15, 0.2) is 65.4 Å². The number of carbonyl (C=O) groups is 1. The van der Waals surface area contributed by atoms with Crippen LogP contribution in [-0.2, 0) is 4.74 Å². The first-order chi connectivity index (χ1) is 12.2. The summed E-state index contributed by atoms with van der Waals surface area (Å²) >= 11 is 0. The van der Waals surface area contributed by atoms with E-state index in [9.17, 15) is 9.59 Å². The Morgan fingerprint density at radius 1 is 0.920 bits per heavy atom. The van der Waals surface area contributed by atoms with Crippen molar-refractivity contribution in [1.82, 2.24) is 9.47 Å². The molecule has 1 aliphatic heterocycles. The van der Waals surface area contributed by atoms with Crippen LogP contribution in [0.5, 0.6) is 0 Å². The summed E-state index contributed by atoms with van der Waals surface area (Å²) < 4.78 is 7.12. The van der Waals surface area contributed by atoms with Gasteiger partial charge in [0.05, 0.1) is 11.8 Å². The van der Waals surface area contributed by atoms with Crippen LogP contribution in [0.4, 0.5) is 0 Å². The summed E-state index contributed by atoms with van der Waals surface area (Å²) in [6, 6.07) is 13.8. The highest BCUT2D eigenvalue weighted by Crippen LogP contribution is 2.18. The van der Waals surface area contributed by atoms with Gasteiger partial charge in [-0.3, -0.25) is 9.36 Å². The number of ether oxygens (including phenoxy) is 1. The van der Waals surface area contributed by atoms with Crippen LogP contribution in [0.1, 0.15) is 36.0 Å². The number of nitrogens with zero attached hydrogens (tertiary/aromatic N) is 2. The van der Waals surface area contributed by atoms with Gasteiger partial charge in [-0.2, -0.15) is 0 Å². The second-order valence-electron chi connectivity index (χ2n) is 6.07. The first-order valence-electron chi connectivity index (χ1n) is 8.65. The molecule has 1 aromatic heterocycles. The van der Waals surface area contributed by atoms with E-state index in [0.717, 1.165) is 25.9 Å². The number of esters is 1. The van der Waals surface area contributed by atoms with Crippen molar-refractivity contribution < 1.29 is 9.53 Å². The number of aromatic nitrogens is 1. The van der Waals surface area contributed by atoms with Crippen molar-refractivity contribution in [2.75, 3.05) is 13.1 Å². The average Bonchev–Trinajstić information content (AvgIpc) is 2.93. The Balaban J connectivity index is 1.90. The van der Waals surface area contributed by atoms with Gasteiger partial charge in [0, 0.05) is 25.4 Å². The lowest BCUT2D eigenvalue weighted by molar-refractivity contribution is 0.0505. The van der Waals surface area contributed by atoms with Crippen molar-refractivity contribution in [3.8, 4) is 0 Å². The molecule has 2 aromatic rings. The van der Waals surface area contributed by atoms with Crippen LogP contribution in [0, 0.1) is 0 Å². The molecule has 0 bridgehead atoms. The van der Waals surface area contributed by atoms with E-state index in [-0.39, 0.29) is 5.56 Å². The summed E-state index contributed by atoms with van der Waals surface area (Å²) in [6.07, 6.45) is 7.70. The van der Waals surface area contributed by atoms with Gasteiger partial charge < -0.3 is 9.64 Å². The molecule has 1 saturated heterocycles. The molecule has 3 rings (SSSR count). The molecule has 5 heteroatoms. The number of likely N-dealkylation sites (tertiary alicyclic amines) is 1. The highest BCUT2D eigenvalue weighted by molar-refractivity contribution is 5.90. The van der Waals surface area contributed by atoms with Crippen molar-refractivity contribution in [2.24, 2.45) is 0 Å². The largest absolute Gasteiger partial charge is 0.404 e. The Kier molecular flexibility index (Phi) is 5.67. The number of hydrogen-bond donors (Lipinski definition) is 0. The molecule has 5 nitrogen and oxygen atoms in total. The van der Waals surface area contributed by atoms with Crippen LogP contribution < -0.4 is 5.56 Å². The topological polar surface area (TPSA) is 51.5 Å². The molecular weight excluding hydrogens is 316 g/mol. The minimum atomic E-state index is -0.417. The molecule has 130 valence electrons. The van der Waals surface area contributed by atoms with Gasteiger partial charge in [0.2, 0.25) is 5.88 Å². The number of hydrogen-bond acceptors (Lipinski definition) is 4. The third-order valence-corrected chi connectivity index (χ3v) is 4.23. The summed E-state index contributed by atoms with van der Waals surface area (Å²) in [7, 11) is 0. The van der Waals surface area contributed by atoms with Crippen molar-refractivity contribution in [3.63, 3.8) is 0 Å². The summed E-state index contributed by atoms with van der Waals surface area (Å²) in [6.45, 7) is 1.63. The molecule has 1 fully saturated rings. The molecule has 0 unspecified atom stereocenters. The highest BCUT2D eigenvalue weighted by atomic mass is 16.6. The summed E-state index contributed by atoms with van der Waals surface area (Å²) in [5.41, 5.74) is 0.328. The number of carbonyl (C=O) groups excluding carboxylic acids is 1. The van der Waals surface area contributed by atoms with E-state index in [1.165, 1.54) is 23.5 Å². The molecule has 0 N–H and O–H groups in total. The Morgan fingerprint density at radius 3 is 2.28 bits per heavy atom. The van der Waals surface area contributed by atoms with Crippen molar-refractivity contribution in [2.45, 2.75) is 25.7 Å². The Labute approximate surface area is 147 Å². The molecule has 2 heterocycles. The van der Waals surface area contributed by atoms with Gasteiger partial charge in [0.25, 0.3) is 5.56 Å². The van der Waals surface area contributed by atoms with E-state index in [4.69, 9.17) is 4.74 Å². The third-order valence-electron chi connectivity index (χ3n) is 4.23. The van der Waals surface area contributed by atoms with E-state index in [0.29, 0.717) is 11.4 Å². The smallest absolute Gasteiger partial charge is 0.344 e. The number of benzene rings is 1. The van der Waals surface area contributed by atoms with E-state index < -0.39 is 5.97 Å². The van der Waals surface area contributed by atoms with Gasteiger partial charge in [0.1, 0.15) is 0 Å². The molecular formula is C20H22N2O3. The molecule has 0 radical (unpaired) electrons. The summed E-state index contributed by atoms with van der Waals surface area (Å²) in [4.78, 5) is 26.6. The number of rotatable bonds is 4. The van der Waals surface area contributed by atoms with E-state index >= 15 is 0 Å². The Hall–Kier alpha value is -2.82. The van der Waals surface area contributed by atoms with Crippen LogP contribution in [0.25, 0.3) is 6.20 Å². The second-order valence-corrected chi connectivity index (χ2v) is 6.07. The van der Waals surface area contributed by atoms with Gasteiger partial charge in [-0.15, -0.1) is 0 Å².